The maximum atomic E-state index is 4.83. The number of rotatable bonds is 4. The lowest BCUT2D eigenvalue weighted by Crippen LogP contribution is -2.00. The van der Waals surface area contributed by atoms with E-state index in [1.165, 1.54) is 21.8 Å². The molecule has 6 aromatic carbocycles. The van der Waals surface area contributed by atoms with Gasteiger partial charge in [-0.2, -0.15) is 0 Å². The highest BCUT2D eigenvalue weighted by molar-refractivity contribution is 6.09. The van der Waals surface area contributed by atoms with Crippen LogP contribution in [0.4, 0.5) is 0 Å². The van der Waals surface area contributed by atoms with Crippen LogP contribution >= 0.6 is 0 Å². The fourth-order valence-corrected chi connectivity index (χ4v) is 5.68. The van der Waals surface area contributed by atoms with Gasteiger partial charge in [-0.05, 0) is 60.7 Å². The minimum Gasteiger partial charge on any atom is -0.309 e. The fourth-order valence-electron chi connectivity index (χ4n) is 5.68. The summed E-state index contributed by atoms with van der Waals surface area (Å²) in [6, 6.07) is 53.6. The molecular weight excluding hydrogens is 548 g/mol. The zero-order valence-corrected chi connectivity index (χ0v) is 24.3. The van der Waals surface area contributed by atoms with Gasteiger partial charge in [0.05, 0.1) is 11.0 Å². The van der Waals surface area contributed by atoms with Crippen molar-refractivity contribution in [2.45, 2.75) is 0 Å². The molecule has 8 rings (SSSR count). The van der Waals surface area contributed by atoms with E-state index in [0.717, 1.165) is 33.5 Å². The Morgan fingerprint density at radius 1 is 0.356 bits per heavy atom. The number of hydrogen-bond acceptors (Lipinski definition) is 3. The highest BCUT2D eigenvalue weighted by Gasteiger charge is 2.13. The third-order valence-electron chi connectivity index (χ3n) is 7.90. The van der Waals surface area contributed by atoms with Gasteiger partial charge in [0, 0.05) is 44.3 Å². The van der Waals surface area contributed by atoms with Crippen molar-refractivity contribution in [2.75, 3.05) is 0 Å². The summed E-state index contributed by atoms with van der Waals surface area (Å²) < 4.78 is 2.31. The van der Waals surface area contributed by atoms with Crippen LogP contribution in [0, 0.1) is 11.8 Å². The number of fused-ring (bicyclic) bond motifs is 3. The second kappa shape index (κ2) is 11.4. The summed E-state index contributed by atoms with van der Waals surface area (Å²) in [7, 11) is 0. The Morgan fingerprint density at radius 3 is 1.20 bits per heavy atom. The molecule has 4 heteroatoms. The van der Waals surface area contributed by atoms with Crippen LogP contribution in [0.15, 0.2) is 158 Å². The van der Waals surface area contributed by atoms with Crippen LogP contribution in [0.1, 0.15) is 11.1 Å². The Morgan fingerprint density at radius 2 is 0.733 bits per heavy atom. The van der Waals surface area contributed by atoms with Crippen molar-refractivity contribution in [1.29, 1.82) is 0 Å². The SMILES string of the molecule is C(#Cc1ccc(-n2c3ccccc3c3ccccc32)cc1)c1ccc(-c2nc(-c3ccccc3)nc(-c3ccccc3)n2)cc1. The van der Waals surface area contributed by atoms with Crippen LogP contribution in [0.3, 0.4) is 0 Å². The molecule has 0 amide bonds. The molecule has 0 atom stereocenters. The Hall–Kier alpha value is -6.31. The highest BCUT2D eigenvalue weighted by Crippen LogP contribution is 2.32. The largest absolute Gasteiger partial charge is 0.309 e. The molecule has 4 nitrogen and oxygen atoms in total. The van der Waals surface area contributed by atoms with Crippen molar-refractivity contribution < 1.29 is 0 Å². The molecule has 0 N–H and O–H groups in total. The molecular formula is C41H26N4. The second-order valence-corrected chi connectivity index (χ2v) is 10.8. The second-order valence-electron chi connectivity index (χ2n) is 10.8. The fraction of sp³-hybridized carbons (Fsp3) is 0. The topological polar surface area (TPSA) is 43.6 Å². The minimum atomic E-state index is 0.628. The number of hydrogen-bond donors (Lipinski definition) is 0. The first-order valence-electron chi connectivity index (χ1n) is 14.9. The van der Waals surface area contributed by atoms with E-state index in [4.69, 9.17) is 15.0 Å². The van der Waals surface area contributed by atoms with E-state index in [1.807, 2.05) is 84.9 Å². The zero-order chi connectivity index (χ0) is 30.0. The minimum absolute atomic E-state index is 0.628. The number of benzene rings is 6. The van der Waals surface area contributed by atoms with Crippen LogP contribution in [0.25, 0.3) is 61.7 Å². The average molecular weight is 575 g/mol. The van der Waals surface area contributed by atoms with Gasteiger partial charge < -0.3 is 4.57 Å². The molecule has 45 heavy (non-hydrogen) atoms. The Balaban J connectivity index is 1.08. The van der Waals surface area contributed by atoms with Gasteiger partial charge >= 0.3 is 0 Å². The summed E-state index contributed by atoms with van der Waals surface area (Å²) in [6.07, 6.45) is 0. The molecule has 210 valence electrons. The van der Waals surface area contributed by atoms with Gasteiger partial charge in [0.2, 0.25) is 0 Å². The van der Waals surface area contributed by atoms with Gasteiger partial charge in [0.1, 0.15) is 0 Å². The van der Waals surface area contributed by atoms with E-state index in [0.29, 0.717) is 17.5 Å². The summed E-state index contributed by atoms with van der Waals surface area (Å²) in [5, 5.41) is 2.51. The summed E-state index contributed by atoms with van der Waals surface area (Å²) in [6.45, 7) is 0. The quantitative estimate of drug-likeness (QED) is 0.197. The van der Waals surface area contributed by atoms with Gasteiger partial charge in [0.15, 0.2) is 17.5 Å². The lowest BCUT2D eigenvalue weighted by Gasteiger charge is -2.08. The lowest BCUT2D eigenvalue weighted by molar-refractivity contribution is 1.07. The van der Waals surface area contributed by atoms with Gasteiger partial charge in [-0.25, -0.2) is 15.0 Å². The first-order valence-corrected chi connectivity index (χ1v) is 14.9. The maximum absolute atomic E-state index is 4.83. The zero-order valence-electron chi connectivity index (χ0n) is 24.3. The number of para-hydroxylation sites is 2. The Bertz CT molecular complexity index is 2230. The van der Waals surface area contributed by atoms with Crippen molar-refractivity contribution in [2.24, 2.45) is 0 Å². The predicted octanol–water partition coefficient (Wildman–Crippen LogP) is 9.37. The summed E-state index contributed by atoms with van der Waals surface area (Å²) >= 11 is 0. The standard InChI is InChI=1S/C41H26N4/c1-3-11-31(12-4-1)39-42-40(32-13-5-2-6-14-32)44-41(43-39)33-25-21-29(22-26-33)19-20-30-23-27-34(28-24-30)45-37-17-9-7-15-35(37)36-16-8-10-18-38(36)45/h1-18,21-28H. The van der Waals surface area contributed by atoms with Crippen molar-refractivity contribution in [3.05, 3.63) is 169 Å². The number of aromatic nitrogens is 4. The molecule has 0 spiro atoms. The molecule has 8 aromatic rings. The van der Waals surface area contributed by atoms with Crippen molar-refractivity contribution in [3.63, 3.8) is 0 Å². The van der Waals surface area contributed by atoms with E-state index >= 15 is 0 Å². The van der Waals surface area contributed by atoms with Crippen molar-refractivity contribution >= 4 is 21.8 Å². The normalized spacial score (nSPS) is 10.9. The molecule has 0 fully saturated rings. The first-order chi connectivity index (χ1) is 22.3. The molecule has 0 saturated carbocycles. The van der Waals surface area contributed by atoms with Crippen LogP contribution in [0.5, 0.6) is 0 Å². The maximum Gasteiger partial charge on any atom is 0.164 e. The number of nitrogens with zero attached hydrogens (tertiary/aromatic N) is 4. The molecule has 0 aliphatic carbocycles. The van der Waals surface area contributed by atoms with E-state index in [1.54, 1.807) is 0 Å². The average Bonchev–Trinajstić information content (AvgIpc) is 3.46. The highest BCUT2D eigenvalue weighted by atomic mass is 15.0. The Kier molecular flexibility index (Phi) is 6.67. The molecule has 0 radical (unpaired) electrons. The predicted molar refractivity (Wildman–Crippen MR) is 183 cm³/mol. The molecule has 0 aliphatic rings. The van der Waals surface area contributed by atoms with Gasteiger partial charge in [0.25, 0.3) is 0 Å². The van der Waals surface area contributed by atoms with Crippen LogP contribution < -0.4 is 0 Å². The van der Waals surface area contributed by atoms with Crippen molar-refractivity contribution in [3.8, 4) is 51.7 Å². The third kappa shape index (κ3) is 5.14. The van der Waals surface area contributed by atoms with Crippen LogP contribution in [-0.4, -0.2) is 19.5 Å². The van der Waals surface area contributed by atoms with E-state index in [9.17, 15) is 0 Å². The molecule has 2 heterocycles. The monoisotopic (exact) mass is 574 g/mol. The summed E-state index contributed by atoms with van der Waals surface area (Å²) in [4.78, 5) is 14.4. The van der Waals surface area contributed by atoms with Gasteiger partial charge in [-0.3, -0.25) is 0 Å². The lowest BCUT2D eigenvalue weighted by atomic mass is 10.1. The summed E-state index contributed by atoms with van der Waals surface area (Å²) in [5.74, 6) is 8.56. The van der Waals surface area contributed by atoms with Crippen LogP contribution in [0.2, 0.25) is 0 Å². The van der Waals surface area contributed by atoms with E-state index in [-0.39, 0.29) is 0 Å². The first kappa shape index (κ1) is 26.3. The van der Waals surface area contributed by atoms with E-state index in [2.05, 4.69) is 89.2 Å². The molecule has 0 unspecified atom stereocenters. The smallest absolute Gasteiger partial charge is 0.164 e. The summed E-state index contributed by atoms with van der Waals surface area (Å²) in [5.41, 5.74) is 8.20. The molecule has 0 bridgehead atoms. The van der Waals surface area contributed by atoms with Gasteiger partial charge in [-0.1, -0.05) is 109 Å². The molecule has 0 saturated heterocycles. The van der Waals surface area contributed by atoms with Crippen molar-refractivity contribution in [1.82, 2.24) is 19.5 Å². The molecule has 2 aromatic heterocycles. The third-order valence-corrected chi connectivity index (χ3v) is 7.90. The Labute approximate surface area is 261 Å². The van der Waals surface area contributed by atoms with Gasteiger partial charge in [-0.15, -0.1) is 0 Å². The molecule has 0 aliphatic heterocycles. The van der Waals surface area contributed by atoms with E-state index < -0.39 is 0 Å². The van der Waals surface area contributed by atoms with Crippen LogP contribution in [-0.2, 0) is 0 Å².